The molecule has 6 nitrogen and oxygen atoms in total. The molecular weight excluding hydrogens is 356 g/mol. The minimum absolute atomic E-state index is 0.590. The van der Waals surface area contributed by atoms with Gasteiger partial charge in [0.15, 0.2) is 0 Å². The molecule has 1 aromatic carbocycles. The Morgan fingerprint density at radius 1 is 1.19 bits per heavy atom. The molecule has 1 saturated heterocycles. The lowest BCUT2D eigenvalue weighted by Gasteiger charge is -2.34. The molecule has 1 N–H and O–H groups in total. The molecule has 0 radical (unpaired) electrons. The Morgan fingerprint density at radius 3 is 2.59 bits per heavy atom. The summed E-state index contributed by atoms with van der Waals surface area (Å²) >= 11 is 1.70. The summed E-state index contributed by atoms with van der Waals surface area (Å²) in [5.41, 5.74) is 3.58. The maximum absolute atomic E-state index is 4.57. The van der Waals surface area contributed by atoms with Crippen LogP contribution >= 0.6 is 11.3 Å². The van der Waals surface area contributed by atoms with Crippen molar-refractivity contribution in [3.8, 4) is 11.3 Å². The second-order valence-electron chi connectivity index (χ2n) is 7.12. The SMILES string of the molecule is Cc1nc(-c2ccc(N3CCC(NCCc4nncn4C)CC3)cc2)cs1. The van der Waals surface area contributed by atoms with Crippen molar-refractivity contribution in [1.82, 2.24) is 25.1 Å². The number of thiazole rings is 1. The molecule has 0 bridgehead atoms. The number of nitrogens with zero attached hydrogens (tertiary/aromatic N) is 5. The van der Waals surface area contributed by atoms with Gasteiger partial charge < -0.3 is 14.8 Å². The number of aryl methyl sites for hydroxylation is 2. The van der Waals surface area contributed by atoms with E-state index in [4.69, 9.17) is 0 Å². The highest BCUT2D eigenvalue weighted by Gasteiger charge is 2.19. The zero-order valence-corrected chi connectivity index (χ0v) is 16.7. The highest BCUT2D eigenvalue weighted by atomic mass is 32.1. The van der Waals surface area contributed by atoms with Crippen LogP contribution in [0.15, 0.2) is 36.0 Å². The number of rotatable bonds is 6. The molecule has 0 unspecified atom stereocenters. The summed E-state index contributed by atoms with van der Waals surface area (Å²) in [6, 6.07) is 9.42. The number of anilines is 1. The molecule has 142 valence electrons. The van der Waals surface area contributed by atoms with E-state index in [0.717, 1.165) is 42.6 Å². The first-order chi connectivity index (χ1) is 13.2. The van der Waals surface area contributed by atoms with Gasteiger partial charge in [-0.2, -0.15) is 0 Å². The van der Waals surface area contributed by atoms with Crippen LogP contribution in [0, 0.1) is 6.92 Å². The summed E-state index contributed by atoms with van der Waals surface area (Å²) in [7, 11) is 1.99. The van der Waals surface area contributed by atoms with Gasteiger partial charge >= 0.3 is 0 Å². The number of hydrogen-bond acceptors (Lipinski definition) is 6. The van der Waals surface area contributed by atoms with Crippen LogP contribution in [0.1, 0.15) is 23.7 Å². The maximum atomic E-state index is 4.57. The zero-order valence-electron chi connectivity index (χ0n) is 15.9. The summed E-state index contributed by atoms with van der Waals surface area (Å²) in [6.07, 6.45) is 5.03. The summed E-state index contributed by atoms with van der Waals surface area (Å²) in [6.45, 7) is 5.19. The molecule has 3 heterocycles. The summed E-state index contributed by atoms with van der Waals surface area (Å²) in [4.78, 5) is 7.06. The van der Waals surface area contributed by atoms with E-state index in [2.05, 4.69) is 55.0 Å². The minimum Gasteiger partial charge on any atom is -0.371 e. The van der Waals surface area contributed by atoms with Gasteiger partial charge in [-0.15, -0.1) is 21.5 Å². The van der Waals surface area contributed by atoms with Crippen LogP contribution in [0.4, 0.5) is 5.69 Å². The number of benzene rings is 1. The van der Waals surface area contributed by atoms with Crippen LogP contribution in [-0.4, -0.2) is 45.4 Å². The first-order valence-corrected chi connectivity index (χ1v) is 10.4. The molecule has 7 heteroatoms. The number of hydrogen-bond donors (Lipinski definition) is 1. The van der Waals surface area contributed by atoms with E-state index in [1.54, 1.807) is 17.7 Å². The lowest BCUT2D eigenvalue weighted by Crippen LogP contribution is -2.43. The van der Waals surface area contributed by atoms with Crippen molar-refractivity contribution in [2.75, 3.05) is 24.5 Å². The van der Waals surface area contributed by atoms with E-state index in [1.165, 1.54) is 24.1 Å². The number of aromatic nitrogens is 4. The van der Waals surface area contributed by atoms with E-state index in [-0.39, 0.29) is 0 Å². The van der Waals surface area contributed by atoms with Gasteiger partial charge in [0, 0.05) is 55.8 Å². The van der Waals surface area contributed by atoms with Crippen LogP contribution in [0.25, 0.3) is 11.3 Å². The van der Waals surface area contributed by atoms with E-state index >= 15 is 0 Å². The monoisotopic (exact) mass is 382 g/mol. The van der Waals surface area contributed by atoms with Gasteiger partial charge in [-0.3, -0.25) is 0 Å². The Labute approximate surface area is 164 Å². The summed E-state index contributed by atoms with van der Waals surface area (Å²) in [5.74, 6) is 1.04. The van der Waals surface area contributed by atoms with Crippen molar-refractivity contribution in [3.05, 3.63) is 46.8 Å². The molecule has 0 spiro atoms. The zero-order chi connectivity index (χ0) is 18.6. The highest BCUT2D eigenvalue weighted by Crippen LogP contribution is 2.26. The third-order valence-electron chi connectivity index (χ3n) is 5.23. The van der Waals surface area contributed by atoms with Crippen LogP contribution in [0.2, 0.25) is 0 Å². The second kappa shape index (κ2) is 8.19. The van der Waals surface area contributed by atoms with Gasteiger partial charge in [-0.25, -0.2) is 4.98 Å². The first-order valence-electron chi connectivity index (χ1n) is 9.53. The molecule has 1 fully saturated rings. The molecule has 0 saturated carbocycles. The van der Waals surface area contributed by atoms with Gasteiger partial charge in [0.05, 0.1) is 10.7 Å². The van der Waals surface area contributed by atoms with Crippen LogP contribution in [-0.2, 0) is 13.5 Å². The lowest BCUT2D eigenvalue weighted by molar-refractivity contribution is 0.415. The van der Waals surface area contributed by atoms with Crippen LogP contribution in [0.3, 0.4) is 0 Å². The fraction of sp³-hybridized carbons (Fsp3) is 0.450. The smallest absolute Gasteiger partial charge is 0.133 e. The van der Waals surface area contributed by atoms with Crippen molar-refractivity contribution in [1.29, 1.82) is 0 Å². The molecule has 4 rings (SSSR count). The van der Waals surface area contributed by atoms with E-state index in [1.807, 2.05) is 18.5 Å². The molecular formula is C20H26N6S. The minimum atomic E-state index is 0.590. The lowest BCUT2D eigenvalue weighted by atomic mass is 10.0. The maximum Gasteiger partial charge on any atom is 0.133 e. The molecule has 3 aromatic rings. The Bertz CT molecular complexity index is 861. The van der Waals surface area contributed by atoms with Gasteiger partial charge in [-0.1, -0.05) is 12.1 Å². The van der Waals surface area contributed by atoms with Crippen molar-refractivity contribution in [3.63, 3.8) is 0 Å². The molecule has 1 aliphatic rings. The van der Waals surface area contributed by atoms with E-state index in [9.17, 15) is 0 Å². The Hall–Kier alpha value is -2.25. The van der Waals surface area contributed by atoms with Crippen molar-refractivity contribution in [2.45, 2.75) is 32.2 Å². The van der Waals surface area contributed by atoms with Crippen LogP contribution < -0.4 is 10.2 Å². The predicted molar refractivity (Wildman–Crippen MR) is 110 cm³/mol. The second-order valence-corrected chi connectivity index (χ2v) is 8.18. The van der Waals surface area contributed by atoms with E-state index in [0.29, 0.717) is 6.04 Å². The standard InChI is InChI=1S/C20H26N6S/c1-15-23-19(13-27-15)16-3-5-18(6-4-16)26-11-8-17(9-12-26)21-10-7-20-24-22-14-25(20)2/h3-6,13-14,17,21H,7-12H2,1-2H3. The summed E-state index contributed by atoms with van der Waals surface area (Å²) in [5, 5.41) is 15.0. The van der Waals surface area contributed by atoms with E-state index < -0.39 is 0 Å². The van der Waals surface area contributed by atoms with Crippen molar-refractivity contribution in [2.24, 2.45) is 7.05 Å². The number of piperidine rings is 1. The van der Waals surface area contributed by atoms with Gasteiger partial charge in [0.25, 0.3) is 0 Å². The Balaban J connectivity index is 1.26. The van der Waals surface area contributed by atoms with Crippen molar-refractivity contribution >= 4 is 17.0 Å². The van der Waals surface area contributed by atoms with Crippen molar-refractivity contribution < 1.29 is 0 Å². The quantitative estimate of drug-likeness (QED) is 0.710. The third-order valence-corrected chi connectivity index (χ3v) is 6.00. The summed E-state index contributed by atoms with van der Waals surface area (Å²) < 4.78 is 1.99. The largest absolute Gasteiger partial charge is 0.371 e. The predicted octanol–water partition coefficient (Wildman–Crippen LogP) is 3.05. The fourth-order valence-corrected chi connectivity index (χ4v) is 4.22. The Kier molecular flexibility index (Phi) is 5.50. The van der Waals surface area contributed by atoms with Gasteiger partial charge in [0.1, 0.15) is 12.2 Å². The highest BCUT2D eigenvalue weighted by molar-refractivity contribution is 7.09. The normalized spacial score (nSPS) is 15.4. The topological polar surface area (TPSA) is 58.9 Å². The molecule has 27 heavy (non-hydrogen) atoms. The number of nitrogens with one attached hydrogen (secondary N) is 1. The first kappa shape index (κ1) is 18.1. The Morgan fingerprint density at radius 2 is 1.96 bits per heavy atom. The molecule has 1 aliphatic heterocycles. The average Bonchev–Trinajstić information content (AvgIpc) is 3.31. The molecule has 2 aromatic heterocycles. The van der Waals surface area contributed by atoms with Crippen LogP contribution in [0.5, 0.6) is 0 Å². The molecule has 0 atom stereocenters. The third kappa shape index (κ3) is 4.36. The van der Waals surface area contributed by atoms with Gasteiger partial charge in [0.2, 0.25) is 0 Å². The average molecular weight is 383 g/mol. The molecule has 0 aliphatic carbocycles. The molecule has 0 amide bonds. The van der Waals surface area contributed by atoms with Gasteiger partial charge in [-0.05, 0) is 31.9 Å². The fourth-order valence-electron chi connectivity index (χ4n) is 3.60.